The first-order chi connectivity index (χ1) is 15.0. The second-order valence-corrected chi connectivity index (χ2v) is 7.82. The highest BCUT2D eigenvalue weighted by atomic mass is 16.2. The number of urea groups is 1. The second-order valence-electron chi connectivity index (χ2n) is 7.82. The van der Waals surface area contributed by atoms with Crippen molar-refractivity contribution in [2.24, 2.45) is 0 Å². The van der Waals surface area contributed by atoms with Gasteiger partial charge in [0.2, 0.25) is 0 Å². The summed E-state index contributed by atoms with van der Waals surface area (Å²) < 4.78 is 0. The standard InChI is InChI=1S/C25H32N4O2/c1-4-19-12-13-23-20(16-19)17-21(24(30)27-23)18-29(15-14-28(5-2)6-3)25(31)26-22-10-8-7-9-11-22/h7-13,16-17H,4-6,14-15,18H2,1-3H3,(H,26,31)(H,27,30)/p+1. The van der Waals surface area contributed by atoms with Crippen molar-refractivity contribution in [3.05, 3.63) is 76.1 Å². The number of likely N-dealkylation sites (N-methyl/N-ethyl adjacent to an activating group) is 1. The number of quaternary nitrogens is 1. The molecule has 2 amide bonds. The lowest BCUT2D eigenvalue weighted by molar-refractivity contribution is -0.895. The number of nitrogens with one attached hydrogen (secondary N) is 3. The minimum Gasteiger partial charge on any atom is -0.334 e. The molecule has 0 spiro atoms. The summed E-state index contributed by atoms with van der Waals surface area (Å²) in [5, 5.41) is 3.95. The van der Waals surface area contributed by atoms with Gasteiger partial charge in [0.05, 0.1) is 32.7 Å². The van der Waals surface area contributed by atoms with E-state index in [1.807, 2.05) is 48.5 Å². The third kappa shape index (κ3) is 5.95. The SMILES string of the molecule is CCc1ccc2[nH]c(=O)c(CN(CC[NH+](CC)CC)C(=O)Nc3ccccc3)cc2c1. The molecule has 3 N–H and O–H groups in total. The first kappa shape index (κ1) is 22.6. The van der Waals surface area contributed by atoms with E-state index in [1.54, 1.807) is 4.90 Å². The van der Waals surface area contributed by atoms with Crippen LogP contribution in [-0.2, 0) is 13.0 Å². The van der Waals surface area contributed by atoms with Crippen molar-refractivity contribution in [3.63, 3.8) is 0 Å². The highest BCUT2D eigenvalue weighted by Gasteiger charge is 2.18. The molecule has 0 atom stereocenters. The van der Waals surface area contributed by atoms with Crippen LogP contribution in [-0.4, -0.2) is 42.1 Å². The average Bonchev–Trinajstić information content (AvgIpc) is 2.79. The predicted molar refractivity (Wildman–Crippen MR) is 127 cm³/mol. The molecule has 0 radical (unpaired) electrons. The van der Waals surface area contributed by atoms with Gasteiger partial charge in [0.15, 0.2) is 0 Å². The molecule has 0 fully saturated rings. The highest BCUT2D eigenvalue weighted by molar-refractivity contribution is 5.89. The fourth-order valence-electron chi connectivity index (χ4n) is 3.72. The molecule has 3 aromatic rings. The van der Waals surface area contributed by atoms with Crippen LogP contribution < -0.4 is 15.8 Å². The van der Waals surface area contributed by atoms with Gasteiger partial charge in [0, 0.05) is 16.8 Å². The van der Waals surface area contributed by atoms with Crippen LogP contribution in [0.3, 0.4) is 0 Å². The Morgan fingerprint density at radius 3 is 2.45 bits per heavy atom. The summed E-state index contributed by atoms with van der Waals surface area (Å²) >= 11 is 0. The van der Waals surface area contributed by atoms with Crippen molar-refractivity contribution in [3.8, 4) is 0 Å². The van der Waals surface area contributed by atoms with Crippen molar-refractivity contribution in [2.75, 3.05) is 31.5 Å². The third-order valence-electron chi connectivity index (χ3n) is 5.80. The number of anilines is 1. The molecule has 31 heavy (non-hydrogen) atoms. The van der Waals surface area contributed by atoms with E-state index >= 15 is 0 Å². The molecule has 0 bridgehead atoms. The van der Waals surface area contributed by atoms with Crippen LogP contribution in [0.1, 0.15) is 31.9 Å². The van der Waals surface area contributed by atoms with Crippen LogP contribution in [0.15, 0.2) is 59.4 Å². The Morgan fingerprint density at radius 2 is 1.77 bits per heavy atom. The van der Waals surface area contributed by atoms with E-state index in [-0.39, 0.29) is 18.1 Å². The minimum absolute atomic E-state index is 0.149. The molecule has 164 valence electrons. The topological polar surface area (TPSA) is 69.6 Å². The Kier molecular flexibility index (Phi) is 7.84. The van der Waals surface area contributed by atoms with Gasteiger partial charge in [-0.25, -0.2) is 4.79 Å². The van der Waals surface area contributed by atoms with Gasteiger partial charge in [-0.05, 0) is 61.5 Å². The lowest BCUT2D eigenvalue weighted by Gasteiger charge is -2.25. The van der Waals surface area contributed by atoms with E-state index in [1.165, 1.54) is 10.5 Å². The number of amides is 2. The highest BCUT2D eigenvalue weighted by Crippen LogP contribution is 2.15. The van der Waals surface area contributed by atoms with E-state index in [2.05, 4.69) is 37.1 Å². The Labute approximate surface area is 183 Å². The molecule has 1 aromatic heterocycles. The number of aromatic amines is 1. The fourth-order valence-corrected chi connectivity index (χ4v) is 3.72. The molecule has 3 rings (SSSR count). The number of aromatic nitrogens is 1. The Balaban J connectivity index is 1.86. The summed E-state index contributed by atoms with van der Waals surface area (Å²) in [7, 11) is 0. The molecule has 0 unspecified atom stereocenters. The largest absolute Gasteiger partial charge is 0.334 e. The molecule has 6 nitrogen and oxygen atoms in total. The van der Waals surface area contributed by atoms with Gasteiger partial charge in [0.1, 0.15) is 0 Å². The second kappa shape index (κ2) is 10.8. The summed E-state index contributed by atoms with van der Waals surface area (Å²) in [4.78, 5) is 31.9. The van der Waals surface area contributed by atoms with Gasteiger partial charge < -0.3 is 20.1 Å². The Morgan fingerprint density at radius 1 is 1.03 bits per heavy atom. The quantitative estimate of drug-likeness (QED) is 0.497. The number of carbonyl (C=O) groups excluding carboxylic acids is 1. The van der Waals surface area contributed by atoms with Crippen LogP contribution in [0.2, 0.25) is 0 Å². The summed E-state index contributed by atoms with van der Waals surface area (Å²) in [6.45, 7) is 10.1. The number of carbonyl (C=O) groups is 1. The van der Waals surface area contributed by atoms with Gasteiger partial charge in [-0.15, -0.1) is 0 Å². The Bertz CT molecular complexity index is 1060. The summed E-state index contributed by atoms with van der Waals surface area (Å²) in [5.41, 5.74) is 3.23. The van der Waals surface area contributed by atoms with Gasteiger partial charge in [-0.3, -0.25) is 4.79 Å². The normalized spacial score (nSPS) is 11.1. The van der Waals surface area contributed by atoms with E-state index in [4.69, 9.17) is 0 Å². The number of H-pyrrole nitrogens is 1. The van der Waals surface area contributed by atoms with Crippen molar-refractivity contribution in [1.29, 1.82) is 0 Å². The van der Waals surface area contributed by atoms with Crippen molar-refractivity contribution in [2.45, 2.75) is 33.7 Å². The molecular formula is C25H33N4O2+. The molecule has 0 aliphatic carbocycles. The van der Waals surface area contributed by atoms with Crippen molar-refractivity contribution < 1.29 is 9.69 Å². The van der Waals surface area contributed by atoms with Gasteiger partial charge in [-0.1, -0.05) is 31.2 Å². The zero-order chi connectivity index (χ0) is 22.2. The van der Waals surface area contributed by atoms with E-state index < -0.39 is 0 Å². The first-order valence-electron chi connectivity index (χ1n) is 11.1. The summed E-state index contributed by atoms with van der Waals surface area (Å²) in [6.07, 6.45) is 0.933. The van der Waals surface area contributed by atoms with E-state index in [0.717, 1.165) is 42.6 Å². The monoisotopic (exact) mass is 421 g/mol. The van der Waals surface area contributed by atoms with Crippen LogP contribution in [0.4, 0.5) is 10.5 Å². The third-order valence-corrected chi connectivity index (χ3v) is 5.80. The van der Waals surface area contributed by atoms with Crippen LogP contribution in [0.5, 0.6) is 0 Å². The molecule has 0 saturated carbocycles. The van der Waals surface area contributed by atoms with Crippen LogP contribution in [0, 0.1) is 0 Å². The van der Waals surface area contributed by atoms with Crippen LogP contribution in [0.25, 0.3) is 10.9 Å². The number of hydrogen-bond donors (Lipinski definition) is 3. The molecule has 0 aliphatic rings. The van der Waals surface area contributed by atoms with Gasteiger partial charge in [-0.2, -0.15) is 0 Å². The van der Waals surface area contributed by atoms with Crippen molar-refractivity contribution >= 4 is 22.6 Å². The molecular weight excluding hydrogens is 388 g/mol. The zero-order valence-electron chi connectivity index (χ0n) is 18.7. The summed E-state index contributed by atoms with van der Waals surface area (Å²) in [6, 6.07) is 17.2. The molecule has 0 aliphatic heterocycles. The minimum atomic E-state index is -0.195. The number of fused-ring (bicyclic) bond motifs is 1. The smallest absolute Gasteiger partial charge is 0.322 e. The number of aryl methyl sites for hydroxylation is 1. The molecule has 2 aromatic carbocycles. The predicted octanol–water partition coefficient (Wildman–Crippen LogP) is 3.05. The molecule has 0 saturated heterocycles. The Hall–Kier alpha value is -3.12. The molecule has 6 heteroatoms. The number of hydrogen-bond acceptors (Lipinski definition) is 2. The van der Waals surface area contributed by atoms with Crippen LogP contribution >= 0.6 is 0 Å². The van der Waals surface area contributed by atoms with Gasteiger partial charge >= 0.3 is 6.03 Å². The fraction of sp³-hybridized carbons (Fsp3) is 0.360. The average molecular weight is 422 g/mol. The maximum absolute atomic E-state index is 13.1. The van der Waals surface area contributed by atoms with E-state index in [9.17, 15) is 9.59 Å². The lowest BCUT2D eigenvalue weighted by atomic mass is 10.1. The maximum atomic E-state index is 13.1. The maximum Gasteiger partial charge on any atom is 0.322 e. The number of pyridine rings is 1. The summed E-state index contributed by atoms with van der Waals surface area (Å²) in [5.74, 6) is 0. The number of nitrogens with zero attached hydrogens (tertiary/aromatic N) is 1. The van der Waals surface area contributed by atoms with Gasteiger partial charge in [0.25, 0.3) is 5.56 Å². The zero-order valence-corrected chi connectivity index (χ0v) is 18.7. The van der Waals surface area contributed by atoms with E-state index in [0.29, 0.717) is 12.1 Å². The number of rotatable bonds is 9. The number of para-hydroxylation sites is 1. The van der Waals surface area contributed by atoms with Crippen molar-refractivity contribution in [1.82, 2.24) is 9.88 Å². The molecule has 1 heterocycles. The first-order valence-corrected chi connectivity index (χ1v) is 11.1. The number of benzene rings is 2. The lowest BCUT2D eigenvalue weighted by Crippen LogP contribution is -3.12.